The van der Waals surface area contributed by atoms with E-state index in [1.54, 1.807) is 5.57 Å². The van der Waals surface area contributed by atoms with Gasteiger partial charge >= 0.3 is 0 Å². The number of fused-ring (bicyclic) bond motifs is 2. The molecule has 1 aromatic heterocycles. The largest absolute Gasteiger partial charge is 0.310 e. The average Bonchev–Trinajstić information content (AvgIpc) is 2.69. The molecule has 0 amide bonds. The highest BCUT2D eigenvalue weighted by atomic mass is 16.1. The zero-order valence-electron chi connectivity index (χ0n) is 16.9. The van der Waals surface area contributed by atoms with Gasteiger partial charge in [-0.25, -0.2) is 4.98 Å². The van der Waals surface area contributed by atoms with Crippen LogP contribution in [0.4, 0.5) is 0 Å². The summed E-state index contributed by atoms with van der Waals surface area (Å²) in [6.07, 6.45) is 12.3. The molecule has 1 aromatic rings. The number of nitrogens with one attached hydrogen (secondary N) is 1. The highest BCUT2D eigenvalue weighted by molar-refractivity contribution is 5.26. The van der Waals surface area contributed by atoms with Crippen LogP contribution in [0.2, 0.25) is 0 Å². The molecular weight excluding hydrogens is 334 g/mol. The maximum Gasteiger partial charge on any atom is 0.255 e. The lowest BCUT2D eigenvalue weighted by molar-refractivity contribution is -0.0110. The topological polar surface area (TPSA) is 49.0 Å². The van der Waals surface area contributed by atoms with Crippen LogP contribution in [-0.4, -0.2) is 28.0 Å². The van der Waals surface area contributed by atoms with Crippen molar-refractivity contribution in [2.24, 2.45) is 17.3 Å². The van der Waals surface area contributed by atoms with Crippen molar-refractivity contribution in [3.8, 4) is 0 Å². The first-order valence-corrected chi connectivity index (χ1v) is 11.1. The fraction of sp³-hybridized carbons (Fsp3) is 0.739. The number of allylic oxidation sites excluding steroid dienone is 1. The van der Waals surface area contributed by atoms with E-state index in [9.17, 15) is 4.79 Å². The molecule has 1 aliphatic heterocycles. The maximum absolute atomic E-state index is 12.8. The number of hydrogen-bond acceptors (Lipinski definition) is 3. The van der Waals surface area contributed by atoms with Gasteiger partial charge in [0.2, 0.25) is 0 Å². The molecule has 2 heterocycles. The summed E-state index contributed by atoms with van der Waals surface area (Å²) >= 11 is 0. The number of aromatic nitrogens is 2. The third-order valence-corrected chi connectivity index (χ3v) is 8.15. The molecule has 2 saturated carbocycles. The lowest BCUT2D eigenvalue weighted by atomic mass is 9.49. The Morgan fingerprint density at radius 3 is 2.81 bits per heavy atom. The molecule has 0 radical (unpaired) electrons. The monoisotopic (exact) mass is 367 g/mol. The minimum absolute atomic E-state index is 0.118. The predicted molar refractivity (Wildman–Crippen MR) is 108 cm³/mol. The molecule has 5 aliphatic rings. The fourth-order valence-electron chi connectivity index (χ4n) is 6.12. The normalized spacial score (nSPS) is 30.4. The molecule has 2 atom stereocenters. The van der Waals surface area contributed by atoms with Crippen LogP contribution in [0.3, 0.4) is 0 Å². The van der Waals surface area contributed by atoms with E-state index >= 15 is 0 Å². The summed E-state index contributed by atoms with van der Waals surface area (Å²) in [5.41, 5.74) is 4.20. The Balaban J connectivity index is 1.31. The summed E-state index contributed by atoms with van der Waals surface area (Å²) < 4.78 is 0. The van der Waals surface area contributed by atoms with E-state index in [-0.39, 0.29) is 5.56 Å². The number of nitrogens with zero attached hydrogens (tertiary/aromatic N) is 2. The van der Waals surface area contributed by atoms with Gasteiger partial charge in [-0.15, -0.1) is 0 Å². The van der Waals surface area contributed by atoms with Gasteiger partial charge in [-0.05, 0) is 42.9 Å². The lowest BCUT2D eigenvalue weighted by Gasteiger charge is -2.57. The van der Waals surface area contributed by atoms with Crippen molar-refractivity contribution in [3.05, 3.63) is 39.1 Å². The summed E-state index contributed by atoms with van der Waals surface area (Å²) in [5.74, 6) is 3.07. The molecule has 6 rings (SSSR count). The highest BCUT2D eigenvalue weighted by Crippen LogP contribution is 2.59. The first-order chi connectivity index (χ1) is 13.0. The SMILES string of the molecule is CC1(C)C2CC=C(CN3CCc4nc(C5CCCCC5)[nH]c(=O)c4C3)C1C2. The van der Waals surface area contributed by atoms with E-state index < -0.39 is 0 Å². The zero-order valence-corrected chi connectivity index (χ0v) is 16.9. The Hall–Kier alpha value is -1.42. The summed E-state index contributed by atoms with van der Waals surface area (Å²) in [6, 6.07) is 0. The standard InChI is InChI=1S/C23H33N3O/c1-23(2)17-9-8-16(19(23)12-17)13-26-11-10-20-18(14-26)22(27)25-21(24-20)15-6-4-3-5-7-15/h8,15,17,19H,3-7,9-14H2,1-2H3,(H,24,25,27). The van der Waals surface area contributed by atoms with Crippen LogP contribution in [0.5, 0.6) is 0 Å². The van der Waals surface area contributed by atoms with Crippen LogP contribution in [0.15, 0.2) is 16.4 Å². The summed E-state index contributed by atoms with van der Waals surface area (Å²) in [4.78, 5) is 23.4. The first kappa shape index (κ1) is 17.7. The number of hydrogen-bond donors (Lipinski definition) is 1. The van der Waals surface area contributed by atoms with Gasteiger partial charge in [0.05, 0.1) is 11.3 Å². The minimum atomic E-state index is 0.118. The van der Waals surface area contributed by atoms with Crippen molar-refractivity contribution < 1.29 is 0 Å². The molecule has 0 saturated heterocycles. The third-order valence-electron chi connectivity index (χ3n) is 8.15. The zero-order chi connectivity index (χ0) is 18.6. The van der Waals surface area contributed by atoms with Gasteiger partial charge in [-0.2, -0.15) is 0 Å². The van der Waals surface area contributed by atoms with Crippen molar-refractivity contribution in [2.45, 2.75) is 77.7 Å². The van der Waals surface area contributed by atoms with E-state index in [1.165, 1.54) is 44.9 Å². The molecule has 0 aromatic carbocycles. The molecule has 27 heavy (non-hydrogen) atoms. The van der Waals surface area contributed by atoms with Crippen LogP contribution in [0.1, 0.15) is 81.8 Å². The highest BCUT2D eigenvalue weighted by Gasteiger charge is 2.51. The van der Waals surface area contributed by atoms with Gasteiger partial charge in [0, 0.05) is 32.0 Å². The molecule has 4 heteroatoms. The Kier molecular flexibility index (Phi) is 4.30. The molecule has 2 bridgehead atoms. The lowest BCUT2D eigenvalue weighted by Crippen LogP contribution is -2.50. The number of H-pyrrole nitrogens is 1. The van der Waals surface area contributed by atoms with Crippen LogP contribution in [0.25, 0.3) is 0 Å². The second-order valence-corrected chi connectivity index (χ2v) is 9.99. The van der Waals surface area contributed by atoms with Crippen molar-refractivity contribution >= 4 is 0 Å². The van der Waals surface area contributed by atoms with E-state index in [2.05, 4.69) is 29.8 Å². The molecule has 2 unspecified atom stereocenters. The van der Waals surface area contributed by atoms with Crippen LogP contribution in [0, 0.1) is 17.3 Å². The molecule has 4 aliphatic carbocycles. The van der Waals surface area contributed by atoms with E-state index in [0.717, 1.165) is 55.0 Å². The molecule has 0 spiro atoms. The molecule has 146 valence electrons. The smallest absolute Gasteiger partial charge is 0.255 e. The van der Waals surface area contributed by atoms with Gasteiger partial charge in [0.15, 0.2) is 0 Å². The Morgan fingerprint density at radius 2 is 2.07 bits per heavy atom. The van der Waals surface area contributed by atoms with E-state index in [1.807, 2.05) is 0 Å². The average molecular weight is 368 g/mol. The molecule has 1 N–H and O–H groups in total. The summed E-state index contributed by atoms with van der Waals surface area (Å²) in [7, 11) is 0. The van der Waals surface area contributed by atoms with Crippen LogP contribution in [-0.2, 0) is 13.0 Å². The van der Waals surface area contributed by atoms with E-state index in [4.69, 9.17) is 4.98 Å². The van der Waals surface area contributed by atoms with Gasteiger partial charge in [-0.3, -0.25) is 9.69 Å². The van der Waals surface area contributed by atoms with Crippen molar-refractivity contribution in [1.29, 1.82) is 0 Å². The van der Waals surface area contributed by atoms with Gasteiger partial charge in [0.25, 0.3) is 5.56 Å². The predicted octanol–water partition coefficient (Wildman–Crippen LogP) is 4.17. The molecule has 4 nitrogen and oxygen atoms in total. The van der Waals surface area contributed by atoms with Gasteiger partial charge in [0.1, 0.15) is 5.82 Å². The van der Waals surface area contributed by atoms with E-state index in [0.29, 0.717) is 11.3 Å². The van der Waals surface area contributed by atoms with Crippen LogP contribution < -0.4 is 5.56 Å². The second kappa shape index (κ2) is 6.58. The number of rotatable bonds is 3. The summed E-state index contributed by atoms with van der Waals surface area (Å²) in [6.45, 7) is 7.69. The van der Waals surface area contributed by atoms with Crippen molar-refractivity contribution in [2.75, 3.05) is 13.1 Å². The van der Waals surface area contributed by atoms with Crippen LogP contribution >= 0.6 is 0 Å². The molecular formula is C23H33N3O. The van der Waals surface area contributed by atoms with Gasteiger partial charge < -0.3 is 4.98 Å². The third kappa shape index (κ3) is 3.00. The Labute approximate surface area is 162 Å². The van der Waals surface area contributed by atoms with Crippen molar-refractivity contribution in [1.82, 2.24) is 14.9 Å². The maximum atomic E-state index is 12.8. The minimum Gasteiger partial charge on any atom is -0.310 e. The first-order valence-electron chi connectivity index (χ1n) is 11.1. The fourth-order valence-corrected chi connectivity index (χ4v) is 6.12. The Morgan fingerprint density at radius 1 is 1.26 bits per heavy atom. The van der Waals surface area contributed by atoms with Crippen molar-refractivity contribution in [3.63, 3.8) is 0 Å². The summed E-state index contributed by atoms with van der Waals surface area (Å²) in [5, 5.41) is 0. The quantitative estimate of drug-likeness (QED) is 0.816. The Bertz CT molecular complexity index is 815. The number of aromatic amines is 1. The van der Waals surface area contributed by atoms with Gasteiger partial charge in [-0.1, -0.05) is 44.8 Å². The second-order valence-electron chi connectivity index (χ2n) is 9.99. The molecule has 2 fully saturated rings.